The minimum absolute atomic E-state index is 0.0660. The molecule has 0 unspecified atom stereocenters. The lowest BCUT2D eigenvalue weighted by atomic mass is 10.1. The molecule has 1 rings (SSSR count). The van der Waals surface area contributed by atoms with Crippen LogP contribution in [-0.2, 0) is 22.3 Å². The molecule has 0 heterocycles. The van der Waals surface area contributed by atoms with Gasteiger partial charge in [-0.1, -0.05) is 24.3 Å². The van der Waals surface area contributed by atoms with E-state index in [0.29, 0.717) is 12.5 Å². The summed E-state index contributed by atoms with van der Waals surface area (Å²) in [5.41, 5.74) is 7.27. The van der Waals surface area contributed by atoms with Gasteiger partial charge in [-0.05, 0) is 45.7 Å². The maximum absolute atomic E-state index is 12.1. The van der Waals surface area contributed by atoms with E-state index in [9.17, 15) is 8.42 Å². The summed E-state index contributed by atoms with van der Waals surface area (Å²) in [5, 5.41) is 3.08. The van der Waals surface area contributed by atoms with E-state index in [1.165, 1.54) is 0 Å². The predicted octanol–water partition coefficient (Wildman–Crippen LogP) is 1.72. The number of hydrogen-bond acceptors (Lipinski definition) is 3. The van der Waals surface area contributed by atoms with Crippen LogP contribution in [-0.4, -0.2) is 26.0 Å². The molecule has 23 heavy (non-hydrogen) atoms. The second-order valence-electron chi connectivity index (χ2n) is 6.88. The lowest BCUT2D eigenvalue weighted by molar-refractivity contribution is 0.508. The molecule has 130 valence electrons. The standard InChI is InChI=1S/C16H28N4O2S/c1-12(2)20-23(21,22)11-14-9-7-6-8-13(14)10-18-15(17)19-16(3,4)5/h6-9,12,20H,10-11H2,1-5H3,(H3,17,18,19). The fourth-order valence-corrected chi connectivity index (χ4v) is 3.54. The Morgan fingerprint density at radius 2 is 1.78 bits per heavy atom. The summed E-state index contributed by atoms with van der Waals surface area (Å²) in [5.74, 6) is 0.277. The van der Waals surface area contributed by atoms with Gasteiger partial charge in [0.2, 0.25) is 10.0 Å². The van der Waals surface area contributed by atoms with E-state index in [4.69, 9.17) is 5.73 Å². The molecule has 0 aromatic heterocycles. The molecule has 0 bridgehead atoms. The Morgan fingerprint density at radius 1 is 1.22 bits per heavy atom. The Kier molecular flexibility index (Phi) is 6.58. The van der Waals surface area contributed by atoms with E-state index in [-0.39, 0.29) is 17.3 Å². The summed E-state index contributed by atoms with van der Waals surface area (Å²) < 4.78 is 26.8. The van der Waals surface area contributed by atoms with Gasteiger partial charge in [-0.3, -0.25) is 0 Å². The number of guanidine groups is 1. The van der Waals surface area contributed by atoms with Gasteiger partial charge in [0, 0.05) is 11.6 Å². The minimum atomic E-state index is -3.37. The maximum atomic E-state index is 12.1. The molecule has 0 fully saturated rings. The number of benzene rings is 1. The molecule has 0 atom stereocenters. The molecule has 1 aromatic rings. The molecule has 0 amide bonds. The molecule has 0 spiro atoms. The van der Waals surface area contributed by atoms with E-state index in [1.54, 1.807) is 19.9 Å². The first kappa shape index (κ1) is 19.4. The van der Waals surface area contributed by atoms with E-state index in [2.05, 4.69) is 15.0 Å². The number of rotatable bonds is 6. The van der Waals surface area contributed by atoms with Gasteiger partial charge in [-0.2, -0.15) is 0 Å². The van der Waals surface area contributed by atoms with Crippen molar-refractivity contribution < 1.29 is 8.42 Å². The Morgan fingerprint density at radius 3 is 2.30 bits per heavy atom. The summed E-state index contributed by atoms with van der Waals surface area (Å²) in [7, 11) is -3.37. The Hall–Kier alpha value is -1.60. The van der Waals surface area contributed by atoms with E-state index in [0.717, 1.165) is 11.1 Å². The molecule has 6 nitrogen and oxygen atoms in total. The molecule has 0 aliphatic heterocycles. The zero-order chi connectivity index (χ0) is 17.7. The van der Waals surface area contributed by atoms with Gasteiger partial charge in [0.05, 0.1) is 12.3 Å². The van der Waals surface area contributed by atoms with Crippen molar-refractivity contribution in [3.63, 3.8) is 0 Å². The van der Waals surface area contributed by atoms with Crippen molar-refractivity contribution in [3.05, 3.63) is 35.4 Å². The maximum Gasteiger partial charge on any atom is 0.216 e. The van der Waals surface area contributed by atoms with Crippen LogP contribution in [0.5, 0.6) is 0 Å². The molecule has 0 radical (unpaired) electrons. The second kappa shape index (κ2) is 7.79. The van der Waals surface area contributed by atoms with Gasteiger partial charge in [0.1, 0.15) is 0 Å². The van der Waals surface area contributed by atoms with Crippen LogP contribution in [0.2, 0.25) is 0 Å². The Labute approximate surface area is 139 Å². The van der Waals surface area contributed by atoms with Crippen LogP contribution in [0.1, 0.15) is 45.7 Å². The van der Waals surface area contributed by atoms with Gasteiger partial charge >= 0.3 is 0 Å². The minimum Gasteiger partial charge on any atom is -0.370 e. The normalized spacial score (nSPS) is 13.4. The lowest BCUT2D eigenvalue weighted by Gasteiger charge is -2.21. The van der Waals surface area contributed by atoms with Crippen LogP contribution < -0.4 is 15.8 Å². The number of hydrogen-bond donors (Lipinski definition) is 3. The zero-order valence-corrected chi connectivity index (χ0v) is 15.4. The fraction of sp³-hybridized carbons (Fsp3) is 0.562. The van der Waals surface area contributed by atoms with Crippen LogP contribution in [0.3, 0.4) is 0 Å². The summed E-state index contributed by atoms with van der Waals surface area (Å²) in [6.07, 6.45) is 0. The summed E-state index contributed by atoms with van der Waals surface area (Å²) >= 11 is 0. The van der Waals surface area contributed by atoms with Crippen molar-refractivity contribution in [2.75, 3.05) is 0 Å². The Balaban J connectivity index is 2.88. The number of nitrogens with two attached hydrogens (primary N) is 1. The average molecular weight is 340 g/mol. The van der Waals surface area contributed by atoms with Crippen LogP contribution in [0.4, 0.5) is 0 Å². The smallest absolute Gasteiger partial charge is 0.216 e. The van der Waals surface area contributed by atoms with Gasteiger partial charge in [0.25, 0.3) is 0 Å². The first-order valence-electron chi connectivity index (χ1n) is 7.63. The van der Waals surface area contributed by atoms with Crippen LogP contribution in [0, 0.1) is 0 Å². The summed E-state index contributed by atoms with van der Waals surface area (Å²) in [6, 6.07) is 7.23. The van der Waals surface area contributed by atoms with Crippen molar-refractivity contribution in [3.8, 4) is 0 Å². The van der Waals surface area contributed by atoms with Crippen LogP contribution in [0.25, 0.3) is 0 Å². The summed E-state index contributed by atoms with van der Waals surface area (Å²) in [4.78, 5) is 4.30. The van der Waals surface area contributed by atoms with Gasteiger partial charge < -0.3 is 11.1 Å². The lowest BCUT2D eigenvalue weighted by Crippen LogP contribution is -2.45. The SMILES string of the molecule is CC(C)NS(=O)(=O)Cc1ccccc1CN=C(N)NC(C)(C)C. The average Bonchev–Trinajstić information content (AvgIpc) is 2.33. The molecule has 4 N–H and O–H groups in total. The van der Waals surface area contributed by atoms with E-state index >= 15 is 0 Å². The van der Waals surface area contributed by atoms with Crippen LogP contribution >= 0.6 is 0 Å². The molecule has 1 aromatic carbocycles. The third-order valence-corrected chi connectivity index (χ3v) is 4.32. The van der Waals surface area contributed by atoms with E-state index < -0.39 is 10.0 Å². The van der Waals surface area contributed by atoms with Crippen molar-refractivity contribution in [1.82, 2.24) is 10.0 Å². The largest absolute Gasteiger partial charge is 0.370 e. The van der Waals surface area contributed by atoms with Gasteiger partial charge in [-0.15, -0.1) is 0 Å². The number of sulfonamides is 1. The van der Waals surface area contributed by atoms with Gasteiger partial charge in [0.15, 0.2) is 5.96 Å². The predicted molar refractivity (Wildman–Crippen MR) is 95.6 cm³/mol. The van der Waals surface area contributed by atoms with E-state index in [1.807, 2.05) is 39.0 Å². The van der Waals surface area contributed by atoms with Crippen molar-refractivity contribution >= 4 is 16.0 Å². The van der Waals surface area contributed by atoms with Gasteiger partial charge in [-0.25, -0.2) is 18.1 Å². The van der Waals surface area contributed by atoms with Crippen molar-refractivity contribution in [2.45, 2.75) is 58.5 Å². The number of nitrogens with zero attached hydrogens (tertiary/aromatic N) is 1. The number of aliphatic imine (C=N–C) groups is 1. The number of nitrogens with one attached hydrogen (secondary N) is 2. The van der Waals surface area contributed by atoms with Crippen molar-refractivity contribution in [1.29, 1.82) is 0 Å². The topological polar surface area (TPSA) is 96.6 Å². The highest BCUT2D eigenvalue weighted by atomic mass is 32.2. The first-order valence-corrected chi connectivity index (χ1v) is 9.28. The van der Waals surface area contributed by atoms with Crippen molar-refractivity contribution in [2.24, 2.45) is 10.7 Å². The second-order valence-corrected chi connectivity index (χ2v) is 8.63. The summed E-state index contributed by atoms with van der Waals surface area (Å²) in [6.45, 7) is 9.91. The highest BCUT2D eigenvalue weighted by Crippen LogP contribution is 2.13. The molecular weight excluding hydrogens is 312 g/mol. The molecule has 0 aliphatic rings. The molecule has 0 aliphatic carbocycles. The van der Waals surface area contributed by atoms with Crippen LogP contribution in [0.15, 0.2) is 29.3 Å². The third kappa shape index (κ3) is 7.99. The Bertz CT molecular complexity index is 646. The molecule has 0 saturated carbocycles. The highest BCUT2D eigenvalue weighted by molar-refractivity contribution is 7.88. The molecule has 0 saturated heterocycles. The fourth-order valence-electron chi connectivity index (χ4n) is 2.05. The first-order chi connectivity index (χ1) is 10.5. The zero-order valence-electron chi connectivity index (χ0n) is 14.6. The molecule has 7 heteroatoms. The molecular formula is C16H28N4O2S. The monoisotopic (exact) mass is 340 g/mol. The quantitative estimate of drug-likeness (QED) is 0.542. The highest BCUT2D eigenvalue weighted by Gasteiger charge is 2.15. The third-order valence-electron chi connectivity index (χ3n) is 2.80.